The molecule has 2 N–H and O–H groups in total. The topological polar surface area (TPSA) is 111 Å². The van der Waals surface area contributed by atoms with Gasteiger partial charge in [-0.3, -0.25) is 4.79 Å². The van der Waals surface area contributed by atoms with E-state index < -0.39 is 6.29 Å². The molecule has 0 unspecified atom stereocenters. The smallest absolute Gasteiger partial charge is 0.217 e. The molecule has 5 aromatic rings. The molecular formula is C34H33N5O4S. The van der Waals surface area contributed by atoms with E-state index in [1.165, 1.54) is 6.92 Å². The van der Waals surface area contributed by atoms with Gasteiger partial charge in [0.25, 0.3) is 0 Å². The molecule has 224 valence electrons. The van der Waals surface area contributed by atoms with Gasteiger partial charge in [-0.1, -0.05) is 90.6 Å². The summed E-state index contributed by atoms with van der Waals surface area (Å²) in [5, 5.41) is 25.4. The summed E-state index contributed by atoms with van der Waals surface area (Å²) in [6.45, 7) is 1.98. The Hall–Kier alpha value is -4.35. The Kier molecular flexibility index (Phi) is 9.43. The highest BCUT2D eigenvalue weighted by Crippen LogP contribution is 2.40. The molecule has 2 heterocycles. The van der Waals surface area contributed by atoms with Gasteiger partial charge in [0.1, 0.15) is 0 Å². The number of benzene rings is 4. The van der Waals surface area contributed by atoms with Gasteiger partial charge in [-0.05, 0) is 62.5 Å². The fraction of sp³-hybridized carbons (Fsp3) is 0.235. The third-order valence-corrected chi connectivity index (χ3v) is 8.47. The van der Waals surface area contributed by atoms with E-state index in [2.05, 4.69) is 45.1 Å². The Labute approximate surface area is 260 Å². The van der Waals surface area contributed by atoms with Gasteiger partial charge in [0.05, 0.1) is 24.5 Å². The van der Waals surface area contributed by atoms with E-state index in [1.54, 1.807) is 16.4 Å². The zero-order valence-corrected chi connectivity index (χ0v) is 25.1. The summed E-state index contributed by atoms with van der Waals surface area (Å²) in [6.07, 6.45) is -0.294. The van der Waals surface area contributed by atoms with Crippen LogP contribution >= 0.6 is 11.8 Å². The molecule has 10 heteroatoms. The van der Waals surface area contributed by atoms with Crippen molar-refractivity contribution in [3.8, 4) is 16.8 Å². The first-order valence-electron chi connectivity index (χ1n) is 14.5. The van der Waals surface area contributed by atoms with Crippen LogP contribution in [0.5, 0.6) is 0 Å². The van der Waals surface area contributed by atoms with E-state index in [4.69, 9.17) is 9.47 Å². The van der Waals surface area contributed by atoms with E-state index in [9.17, 15) is 9.90 Å². The number of aliphatic hydroxyl groups excluding tert-OH is 1. The Morgan fingerprint density at radius 1 is 0.909 bits per heavy atom. The normalized spacial score (nSPS) is 18.2. The number of aromatic nitrogens is 4. The van der Waals surface area contributed by atoms with Crippen molar-refractivity contribution in [2.24, 2.45) is 0 Å². The molecule has 6 rings (SSSR count). The van der Waals surface area contributed by atoms with Gasteiger partial charge >= 0.3 is 0 Å². The number of carbonyl (C=O) groups is 1. The van der Waals surface area contributed by atoms with E-state index in [0.717, 1.165) is 39.1 Å². The van der Waals surface area contributed by atoms with Gasteiger partial charge < -0.3 is 19.9 Å². The largest absolute Gasteiger partial charge is 0.392 e. The van der Waals surface area contributed by atoms with Crippen molar-refractivity contribution in [1.29, 1.82) is 0 Å². The minimum Gasteiger partial charge on any atom is -0.392 e. The third-order valence-electron chi connectivity index (χ3n) is 7.42. The molecule has 1 aliphatic rings. The van der Waals surface area contributed by atoms with Crippen LogP contribution in [0, 0.1) is 0 Å². The fourth-order valence-corrected chi connectivity index (χ4v) is 6.05. The lowest BCUT2D eigenvalue weighted by Crippen LogP contribution is -2.31. The second kappa shape index (κ2) is 14.0. The lowest BCUT2D eigenvalue weighted by Gasteiger charge is -2.36. The molecule has 0 aliphatic carbocycles. The highest BCUT2D eigenvalue weighted by molar-refractivity contribution is 7.99. The number of para-hydroxylation sites is 1. The van der Waals surface area contributed by atoms with Crippen molar-refractivity contribution in [1.82, 2.24) is 25.5 Å². The summed E-state index contributed by atoms with van der Waals surface area (Å²) in [7, 11) is 0. The zero-order chi connectivity index (χ0) is 30.3. The number of hydrogen-bond donors (Lipinski definition) is 2. The van der Waals surface area contributed by atoms with Crippen molar-refractivity contribution in [2.45, 2.75) is 50.2 Å². The minimum absolute atomic E-state index is 0.00819. The van der Waals surface area contributed by atoms with Crippen molar-refractivity contribution < 1.29 is 19.4 Å². The molecule has 3 atom stereocenters. The first kappa shape index (κ1) is 29.7. The number of aliphatic hydroxyl groups is 1. The van der Waals surface area contributed by atoms with Crippen LogP contribution in [0.25, 0.3) is 16.8 Å². The van der Waals surface area contributed by atoms with Gasteiger partial charge in [-0.15, -0.1) is 5.10 Å². The first-order chi connectivity index (χ1) is 21.6. The lowest BCUT2D eigenvalue weighted by atomic mass is 9.99. The third kappa shape index (κ3) is 7.23. The van der Waals surface area contributed by atoms with Crippen LogP contribution in [0.1, 0.15) is 48.0 Å². The summed E-state index contributed by atoms with van der Waals surface area (Å²) >= 11 is 1.55. The van der Waals surface area contributed by atoms with E-state index in [1.807, 2.05) is 78.9 Å². The van der Waals surface area contributed by atoms with Crippen molar-refractivity contribution in [3.05, 3.63) is 125 Å². The Bertz CT molecular complexity index is 1700. The van der Waals surface area contributed by atoms with E-state index in [-0.39, 0.29) is 24.7 Å². The van der Waals surface area contributed by atoms with E-state index in [0.29, 0.717) is 23.9 Å². The number of ether oxygens (including phenoxy) is 2. The highest BCUT2D eigenvalue weighted by Gasteiger charge is 2.33. The highest BCUT2D eigenvalue weighted by atomic mass is 32.2. The van der Waals surface area contributed by atoms with Crippen LogP contribution in [-0.2, 0) is 27.4 Å². The van der Waals surface area contributed by atoms with Crippen molar-refractivity contribution in [2.75, 3.05) is 5.75 Å². The molecule has 1 amide bonds. The van der Waals surface area contributed by atoms with Crippen LogP contribution in [-0.4, -0.2) is 43.1 Å². The number of rotatable bonds is 10. The van der Waals surface area contributed by atoms with Crippen LogP contribution in [0.4, 0.5) is 0 Å². The maximum absolute atomic E-state index is 11.4. The molecule has 44 heavy (non-hydrogen) atoms. The number of nitrogens with one attached hydrogen (secondary N) is 1. The van der Waals surface area contributed by atoms with Crippen LogP contribution in [0.15, 0.2) is 108 Å². The molecule has 1 fully saturated rings. The summed E-state index contributed by atoms with van der Waals surface area (Å²) in [5.74, 6) is 0.567. The maximum Gasteiger partial charge on any atom is 0.217 e. The predicted octanol–water partition coefficient (Wildman–Crippen LogP) is 5.80. The summed E-state index contributed by atoms with van der Waals surface area (Å²) < 4.78 is 14.9. The number of carbonyl (C=O) groups excluding carboxylic acids is 1. The number of tetrazole rings is 1. The zero-order valence-electron chi connectivity index (χ0n) is 24.2. The van der Waals surface area contributed by atoms with Crippen LogP contribution in [0.2, 0.25) is 0 Å². The van der Waals surface area contributed by atoms with Crippen LogP contribution < -0.4 is 5.32 Å². The molecule has 9 nitrogen and oxygen atoms in total. The Balaban J connectivity index is 1.24. The quantitative estimate of drug-likeness (QED) is 0.192. The Morgan fingerprint density at radius 2 is 1.68 bits per heavy atom. The molecule has 1 saturated heterocycles. The second-order valence-corrected chi connectivity index (χ2v) is 11.6. The number of hydrogen-bond acceptors (Lipinski definition) is 8. The van der Waals surface area contributed by atoms with Gasteiger partial charge in [-0.25, -0.2) is 0 Å². The summed E-state index contributed by atoms with van der Waals surface area (Å²) in [5.41, 5.74) is 6.78. The monoisotopic (exact) mass is 607 g/mol. The molecule has 1 aromatic heterocycles. The molecule has 4 aromatic carbocycles. The Morgan fingerprint density at radius 3 is 2.45 bits per heavy atom. The summed E-state index contributed by atoms with van der Waals surface area (Å²) in [4.78, 5) is 11.4. The van der Waals surface area contributed by atoms with Crippen LogP contribution in [0.3, 0.4) is 0 Å². The van der Waals surface area contributed by atoms with Gasteiger partial charge in [-0.2, -0.15) is 4.68 Å². The standard InChI is InChI=1S/C34H33N5O4S/c1-23(41)35-20-25-7-5-8-27(17-25)28-9-6-10-29(18-28)33-42-31(19-32(43-33)26-15-13-24(21-40)14-16-26)22-44-34-36-37-38-39(34)30-11-3-2-4-12-30/h2-18,31-33,40H,19-22H2,1H3,(H,35,41)/t31-,32+,33+/m1/s1. The SMILES string of the molecule is CC(=O)NCc1cccc(-c2cccc([C@H]3O[C@@H](CSc4nnnn4-c4ccccc4)C[C@@H](c4ccc(CO)cc4)O3)c2)c1. The van der Waals surface area contributed by atoms with E-state index >= 15 is 0 Å². The maximum atomic E-state index is 11.4. The fourth-order valence-electron chi connectivity index (χ4n) is 5.14. The minimum atomic E-state index is -0.593. The summed E-state index contributed by atoms with van der Waals surface area (Å²) in [6, 6.07) is 34.0. The van der Waals surface area contributed by atoms with Crippen molar-refractivity contribution >= 4 is 17.7 Å². The van der Waals surface area contributed by atoms with Crippen molar-refractivity contribution in [3.63, 3.8) is 0 Å². The van der Waals surface area contributed by atoms with Gasteiger partial charge in [0.15, 0.2) is 6.29 Å². The predicted molar refractivity (Wildman–Crippen MR) is 168 cm³/mol. The molecule has 1 aliphatic heterocycles. The number of amides is 1. The average Bonchev–Trinajstić information content (AvgIpc) is 3.56. The molecule has 0 spiro atoms. The number of thioether (sulfide) groups is 1. The first-order valence-corrected chi connectivity index (χ1v) is 15.4. The van der Waals surface area contributed by atoms with Gasteiger partial charge in [0, 0.05) is 31.2 Å². The molecule has 0 saturated carbocycles. The molecule has 0 radical (unpaired) electrons. The lowest BCUT2D eigenvalue weighted by molar-refractivity contribution is -0.245. The molecule has 0 bridgehead atoms. The van der Waals surface area contributed by atoms with Gasteiger partial charge in [0.2, 0.25) is 11.1 Å². The number of nitrogens with zero attached hydrogens (tertiary/aromatic N) is 4. The molecular weight excluding hydrogens is 574 g/mol. The average molecular weight is 608 g/mol. The second-order valence-electron chi connectivity index (χ2n) is 10.6.